The fourth-order valence-electron chi connectivity index (χ4n) is 1.22. The fourth-order valence-corrected chi connectivity index (χ4v) is 1.22. The topological polar surface area (TPSA) is 94.0 Å². The molecule has 0 spiro atoms. The maximum absolute atomic E-state index is 11.2. The van der Waals surface area contributed by atoms with Gasteiger partial charge in [-0.1, -0.05) is 11.2 Å². The molecule has 0 unspecified atom stereocenters. The van der Waals surface area contributed by atoms with Crippen molar-refractivity contribution in [2.24, 2.45) is 0 Å². The van der Waals surface area contributed by atoms with Gasteiger partial charge in [0.25, 0.3) is 17.6 Å². The van der Waals surface area contributed by atoms with Crippen LogP contribution >= 0.6 is 0 Å². The van der Waals surface area contributed by atoms with Crippen molar-refractivity contribution in [2.45, 2.75) is 0 Å². The van der Waals surface area contributed by atoms with Crippen molar-refractivity contribution in [3.8, 4) is 11.5 Å². The standard InChI is InChI=1S/C10H10N4O2/c1-12-9(15)8-13-10(16-14-8)6-3-2-4-7(11)5-6/h2-5H,11H2,1H3,(H,12,15). The van der Waals surface area contributed by atoms with Gasteiger partial charge in [0.1, 0.15) is 0 Å². The molecule has 0 radical (unpaired) electrons. The first-order valence-electron chi connectivity index (χ1n) is 4.62. The predicted octanol–water partition coefficient (Wildman–Crippen LogP) is 0.678. The average molecular weight is 218 g/mol. The summed E-state index contributed by atoms with van der Waals surface area (Å²) in [6.45, 7) is 0. The van der Waals surface area contributed by atoms with E-state index in [9.17, 15) is 4.79 Å². The Hall–Kier alpha value is -2.37. The summed E-state index contributed by atoms with van der Waals surface area (Å²) >= 11 is 0. The van der Waals surface area contributed by atoms with Crippen LogP contribution in [0.1, 0.15) is 10.6 Å². The molecule has 16 heavy (non-hydrogen) atoms. The van der Waals surface area contributed by atoms with E-state index < -0.39 is 0 Å². The second-order valence-electron chi connectivity index (χ2n) is 3.13. The van der Waals surface area contributed by atoms with Gasteiger partial charge in [0.05, 0.1) is 0 Å². The van der Waals surface area contributed by atoms with Crippen LogP contribution in [-0.4, -0.2) is 23.1 Å². The molecular weight excluding hydrogens is 208 g/mol. The molecule has 1 amide bonds. The van der Waals surface area contributed by atoms with Gasteiger partial charge in [-0.25, -0.2) is 0 Å². The molecule has 2 aromatic rings. The summed E-state index contributed by atoms with van der Waals surface area (Å²) < 4.78 is 4.95. The highest BCUT2D eigenvalue weighted by Gasteiger charge is 2.13. The maximum atomic E-state index is 11.2. The van der Waals surface area contributed by atoms with E-state index in [4.69, 9.17) is 10.3 Å². The second-order valence-corrected chi connectivity index (χ2v) is 3.13. The summed E-state index contributed by atoms with van der Waals surface area (Å²) in [7, 11) is 1.50. The smallest absolute Gasteiger partial charge is 0.292 e. The highest BCUT2D eigenvalue weighted by Crippen LogP contribution is 2.19. The second kappa shape index (κ2) is 4.01. The Kier molecular flexibility index (Phi) is 2.55. The highest BCUT2D eigenvalue weighted by molar-refractivity contribution is 5.90. The Labute approximate surface area is 91.5 Å². The SMILES string of the molecule is CNC(=O)c1noc(-c2cccc(N)c2)n1. The summed E-state index contributed by atoms with van der Waals surface area (Å²) in [5.41, 5.74) is 6.90. The number of benzene rings is 1. The monoisotopic (exact) mass is 218 g/mol. The molecular formula is C10H10N4O2. The average Bonchev–Trinajstić information content (AvgIpc) is 2.77. The van der Waals surface area contributed by atoms with Gasteiger partial charge in [0, 0.05) is 18.3 Å². The molecule has 0 aliphatic carbocycles. The van der Waals surface area contributed by atoms with Crippen molar-refractivity contribution in [3.63, 3.8) is 0 Å². The number of nitrogens with two attached hydrogens (primary N) is 1. The zero-order chi connectivity index (χ0) is 11.5. The lowest BCUT2D eigenvalue weighted by Crippen LogP contribution is -2.19. The number of nitrogen functional groups attached to an aromatic ring is 1. The normalized spacial score (nSPS) is 10.1. The lowest BCUT2D eigenvalue weighted by atomic mass is 10.2. The molecule has 0 aliphatic heterocycles. The van der Waals surface area contributed by atoms with Gasteiger partial charge in [0.2, 0.25) is 0 Å². The summed E-state index contributed by atoms with van der Waals surface area (Å²) in [4.78, 5) is 15.2. The van der Waals surface area contributed by atoms with Crippen molar-refractivity contribution < 1.29 is 9.32 Å². The number of carbonyl (C=O) groups is 1. The van der Waals surface area contributed by atoms with Crippen LogP contribution in [0.25, 0.3) is 11.5 Å². The van der Waals surface area contributed by atoms with Crippen molar-refractivity contribution in [2.75, 3.05) is 12.8 Å². The van der Waals surface area contributed by atoms with Crippen molar-refractivity contribution in [3.05, 3.63) is 30.1 Å². The van der Waals surface area contributed by atoms with Crippen molar-refractivity contribution in [1.29, 1.82) is 0 Å². The summed E-state index contributed by atoms with van der Waals surface area (Å²) in [5, 5.41) is 5.96. The molecule has 6 heteroatoms. The number of anilines is 1. The van der Waals surface area contributed by atoms with Gasteiger partial charge in [-0.05, 0) is 18.2 Å². The molecule has 0 saturated carbocycles. The third-order valence-electron chi connectivity index (χ3n) is 1.99. The summed E-state index contributed by atoms with van der Waals surface area (Å²) in [6, 6.07) is 6.99. The van der Waals surface area contributed by atoms with Crippen LogP contribution in [0.4, 0.5) is 5.69 Å². The van der Waals surface area contributed by atoms with Gasteiger partial charge in [-0.15, -0.1) is 0 Å². The largest absolute Gasteiger partial charge is 0.399 e. The molecule has 0 fully saturated rings. The summed E-state index contributed by atoms with van der Waals surface area (Å²) in [6.07, 6.45) is 0. The number of nitrogens with zero attached hydrogens (tertiary/aromatic N) is 2. The molecule has 1 aromatic heterocycles. The van der Waals surface area contributed by atoms with Crippen LogP contribution in [-0.2, 0) is 0 Å². The third-order valence-corrected chi connectivity index (χ3v) is 1.99. The van der Waals surface area contributed by atoms with Crippen LogP contribution in [0, 0.1) is 0 Å². The Balaban J connectivity index is 2.35. The molecule has 1 aromatic carbocycles. The van der Waals surface area contributed by atoms with E-state index in [0.29, 0.717) is 11.3 Å². The Bertz CT molecular complexity index is 521. The van der Waals surface area contributed by atoms with Gasteiger partial charge in [-0.2, -0.15) is 4.98 Å². The zero-order valence-corrected chi connectivity index (χ0v) is 8.60. The molecule has 0 saturated heterocycles. The molecule has 0 bridgehead atoms. The number of aromatic nitrogens is 2. The number of rotatable bonds is 2. The van der Waals surface area contributed by atoms with E-state index >= 15 is 0 Å². The minimum atomic E-state index is -0.390. The minimum Gasteiger partial charge on any atom is -0.399 e. The summed E-state index contributed by atoms with van der Waals surface area (Å²) in [5.74, 6) is -0.121. The van der Waals surface area contributed by atoms with Gasteiger partial charge in [0.15, 0.2) is 0 Å². The zero-order valence-electron chi connectivity index (χ0n) is 8.60. The first kappa shape index (κ1) is 10.2. The van der Waals surface area contributed by atoms with Crippen molar-refractivity contribution >= 4 is 11.6 Å². The first-order valence-corrected chi connectivity index (χ1v) is 4.62. The first-order chi connectivity index (χ1) is 7.70. The van der Waals surface area contributed by atoms with E-state index in [0.717, 1.165) is 0 Å². The molecule has 1 heterocycles. The molecule has 6 nitrogen and oxygen atoms in total. The van der Waals surface area contributed by atoms with Gasteiger partial charge >= 0.3 is 0 Å². The van der Waals surface area contributed by atoms with Gasteiger partial charge < -0.3 is 15.6 Å². The van der Waals surface area contributed by atoms with E-state index in [2.05, 4.69) is 15.5 Å². The third kappa shape index (κ3) is 1.85. The predicted molar refractivity (Wildman–Crippen MR) is 57.5 cm³/mol. The molecule has 3 N–H and O–H groups in total. The van der Waals surface area contributed by atoms with E-state index in [1.54, 1.807) is 24.3 Å². The number of amides is 1. The Morgan fingerprint density at radius 2 is 2.31 bits per heavy atom. The molecule has 2 rings (SSSR count). The molecule has 82 valence electrons. The number of hydrogen-bond acceptors (Lipinski definition) is 5. The lowest BCUT2D eigenvalue weighted by molar-refractivity contribution is 0.0950. The van der Waals surface area contributed by atoms with Crippen LogP contribution in [0.5, 0.6) is 0 Å². The van der Waals surface area contributed by atoms with Gasteiger partial charge in [-0.3, -0.25) is 4.79 Å². The Morgan fingerprint density at radius 1 is 1.50 bits per heavy atom. The lowest BCUT2D eigenvalue weighted by Gasteiger charge is -1.95. The van der Waals surface area contributed by atoms with Crippen molar-refractivity contribution in [1.82, 2.24) is 15.5 Å². The minimum absolute atomic E-state index is 0.0000699. The van der Waals surface area contributed by atoms with Crippen LogP contribution in [0.2, 0.25) is 0 Å². The van der Waals surface area contributed by atoms with Crippen LogP contribution in [0.15, 0.2) is 28.8 Å². The van der Waals surface area contributed by atoms with E-state index in [1.807, 2.05) is 0 Å². The fraction of sp³-hybridized carbons (Fsp3) is 0.100. The molecule has 0 aliphatic rings. The molecule has 0 atom stereocenters. The quantitative estimate of drug-likeness (QED) is 0.723. The number of nitrogens with one attached hydrogen (secondary N) is 1. The maximum Gasteiger partial charge on any atom is 0.292 e. The number of hydrogen-bond donors (Lipinski definition) is 2. The van der Waals surface area contributed by atoms with E-state index in [-0.39, 0.29) is 17.6 Å². The van der Waals surface area contributed by atoms with Crippen LogP contribution < -0.4 is 11.1 Å². The highest BCUT2D eigenvalue weighted by atomic mass is 16.5. The van der Waals surface area contributed by atoms with E-state index in [1.165, 1.54) is 7.05 Å². The Morgan fingerprint density at radius 3 is 3.00 bits per heavy atom. The number of carbonyl (C=O) groups excluding carboxylic acids is 1. The van der Waals surface area contributed by atoms with Crippen LogP contribution in [0.3, 0.4) is 0 Å².